The van der Waals surface area contributed by atoms with Gasteiger partial charge in [-0.2, -0.15) is 5.10 Å². The molecule has 74 valence electrons. The molecule has 0 radical (unpaired) electrons. The molecule has 0 saturated carbocycles. The number of hydrogen-bond acceptors (Lipinski definition) is 2. The molecule has 0 unspecified atom stereocenters. The summed E-state index contributed by atoms with van der Waals surface area (Å²) in [5.74, 6) is 0.690. The quantitative estimate of drug-likeness (QED) is 0.766. The zero-order valence-corrected chi connectivity index (χ0v) is 8.91. The first-order valence-corrected chi connectivity index (χ1v) is 4.82. The molecule has 0 spiro atoms. The molecule has 0 aliphatic heterocycles. The van der Waals surface area contributed by atoms with Crippen molar-refractivity contribution in [2.45, 2.75) is 26.8 Å². The van der Waals surface area contributed by atoms with Gasteiger partial charge in [-0.05, 0) is 25.5 Å². The Morgan fingerprint density at radius 2 is 2.15 bits per heavy atom. The molecular weight excluding hydrogens is 162 g/mol. The maximum Gasteiger partial charge on any atom is 0.0547 e. The van der Waals surface area contributed by atoms with Crippen LogP contribution < -0.4 is 5.32 Å². The van der Waals surface area contributed by atoms with Gasteiger partial charge in [0.1, 0.15) is 0 Å². The lowest BCUT2D eigenvalue weighted by Crippen LogP contribution is -2.24. The summed E-state index contributed by atoms with van der Waals surface area (Å²) in [5, 5.41) is 7.61. The van der Waals surface area contributed by atoms with Crippen LogP contribution in [0, 0.1) is 5.92 Å². The molecular formula is C10H19N3. The molecule has 0 bridgehead atoms. The summed E-state index contributed by atoms with van der Waals surface area (Å²) in [6.07, 6.45) is 1.84. The van der Waals surface area contributed by atoms with Gasteiger partial charge in [-0.3, -0.25) is 4.68 Å². The Kier molecular flexibility index (Phi) is 3.48. The first kappa shape index (κ1) is 10.3. The van der Waals surface area contributed by atoms with Crippen LogP contribution in [-0.4, -0.2) is 16.3 Å². The van der Waals surface area contributed by atoms with Crippen LogP contribution in [0.2, 0.25) is 0 Å². The van der Waals surface area contributed by atoms with E-state index in [4.69, 9.17) is 0 Å². The molecule has 13 heavy (non-hydrogen) atoms. The van der Waals surface area contributed by atoms with Gasteiger partial charge in [-0.15, -0.1) is 0 Å². The van der Waals surface area contributed by atoms with Gasteiger partial charge in [0.05, 0.1) is 5.69 Å². The van der Waals surface area contributed by atoms with Crippen molar-refractivity contribution in [1.82, 2.24) is 15.1 Å². The molecule has 1 N–H and O–H groups in total. The summed E-state index contributed by atoms with van der Waals surface area (Å²) in [7, 11) is 1.98. The van der Waals surface area contributed by atoms with E-state index < -0.39 is 0 Å². The number of aromatic nitrogens is 2. The molecule has 0 aromatic carbocycles. The summed E-state index contributed by atoms with van der Waals surface area (Å²) >= 11 is 0. The SMILES string of the molecule is CC(C)CN[C@H](C)c1ccnn1C. The van der Waals surface area contributed by atoms with E-state index in [-0.39, 0.29) is 0 Å². The maximum absolute atomic E-state index is 4.14. The maximum atomic E-state index is 4.14. The largest absolute Gasteiger partial charge is 0.309 e. The fourth-order valence-corrected chi connectivity index (χ4v) is 1.33. The highest BCUT2D eigenvalue weighted by Crippen LogP contribution is 2.10. The Balaban J connectivity index is 2.49. The van der Waals surface area contributed by atoms with Crippen molar-refractivity contribution in [3.05, 3.63) is 18.0 Å². The first-order chi connectivity index (χ1) is 6.11. The number of hydrogen-bond donors (Lipinski definition) is 1. The lowest BCUT2D eigenvalue weighted by molar-refractivity contribution is 0.475. The number of nitrogens with one attached hydrogen (secondary N) is 1. The summed E-state index contributed by atoms with van der Waals surface area (Å²) in [5.41, 5.74) is 1.24. The van der Waals surface area contributed by atoms with Gasteiger partial charge < -0.3 is 5.32 Å². The van der Waals surface area contributed by atoms with Gasteiger partial charge in [0.25, 0.3) is 0 Å². The highest BCUT2D eigenvalue weighted by atomic mass is 15.3. The molecule has 1 aromatic rings. The average molecular weight is 181 g/mol. The monoisotopic (exact) mass is 181 g/mol. The van der Waals surface area contributed by atoms with Crippen molar-refractivity contribution in [2.75, 3.05) is 6.54 Å². The normalized spacial score (nSPS) is 13.6. The Hall–Kier alpha value is -0.830. The minimum Gasteiger partial charge on any atom is -0.309 e. The molecule has 1 atom stereocenters. The fourth-order valence-electron chi connectivity index (χ4n) is 1.33. The molecule has 0 saturated heterocycles. The van der Waals surface area contributed by atoms with Crippen molar-refractivity contribution in [1.29, 1.82) is 0 Å². The number of nitrogens with zero attached hydrogens (tertiary/aromatic N) is 2. The smallest absolute Gasteiger partial charge is 0.0547 e. The fraction of sp³-hybridized carbons (Fsp3) is 0.700. The molecule has 3 nitrogen and oxygen atoms in total. The molecule has 1 heterocycles. The van der Waals surface area contributed by atoms with Crippen LogP contribution in [0.15, 0.2) is 12.3 Å². The van der Waals surface area contributed by atoms with E-state index in [0.29, 0.717) is 12.0 Å². The van der Waals surface area contributed by atoms with E-state index in [1.54, 1.807) is 0 Å². The minimum absolute atomic E-state index is 0.384. The lowest BCUT2D eigenvalue weighted by atomic mass is 10.2. The third kappa shape index (κ3) is 2.84. The van der Waals surface area contributed by atoms with E-state index in [0.717, 1.165) is 6.54 Å². The van der Waals surface area contributed by atoms with Crippen molar-refractivity contribution >= 4 is 0 Å². The van der Waals surface area contributed by atoms with Gasteiger partial charge in [0.15, 0.2) is 0 Å². The van der Waals surface area contributed by atoms with Crippen LogP contribution in [0.25, 0.3) is 0 Å². The standard InChI is InChI=1S/C10H19N3/c1-8(2)7-11-9(3)10-5-6-12-13(10)4/h5-6,8-9,11H,7H2,1-4H3/t9-/m1/s1. The van der Waals surface area contributed by atoms with Gasteiger partial charge in [0.2, 0.25) is 0 Å². The highest BCUT2D eigenvalue weighted by molar-refractivity contribution is 5.05. The summed E-state index contributed by atoms with van der Waals surface area (Å²) in [6, 6.07) is 2.44. The molecule has 3 heteroatoms. The van der Waals surface area contributed by atoms with Crippen molar-refractivity contribution < 1.29 is 0 Å². The van der Waals surface area contributed by atoms with Crippen LogP contribution in [0.5, 0.6) is 0 Å². The van der Waals surface area contributed by atoms with Crippen LogP contribution in [0.4, 0.5) is 0 Å². The predicted octanol–water partition coefficient (Wildman–Crippen LogP) is 1.73. The third-order valence-corrected chi connectivity index (χ3v) is 2.13. The average Bonchev–Trinajstić information content (AvgIpc) is 2.47. The van der Waals surface area contributed by atoms with Crippen LogP contribution in [0.3, 0.4) is 0 Å². The Morgan fingerprint density at radius 1 is 1.46 bits per heavy atom. The van der Waals surface area contributed by atoms with E-state index in [1.165, 1.54) is 5.69 Å². The molecule has 0 aliphatic carbocycles. The van der Waals surface area contributed by atoms with Crippen LogP contribution in [-0.2, 0) is 7.05 Å². The van der Waals surface area contributed by atoms with Crippen molar-refractivity contribution in [3.8, 4) is 0 Å². The first-order valence-electron chi connectivity index (χ1n) is 4.82. The van der Waals surface area contributed by atoms with Crippen molar-refractivity contribution in [3.63, 3.8) is 0 Å². The zero-order chi connectivity index (χ0) is 9.84. The molecule has 0 amide bonds. The molecule has 0 aliphatic rings. The predicted molar refractivity (Wildman–Crippen MR) is 54.5 cm³/mol. The summed E-state index contributed by atoms with van der Waals surface area (Å²) in [4.78, 5) is 0. The zero-order valence-electron chi connectivity index (χ0n) is 8.91. The summed E-state index contributed by atoms with van der Waals surface area (Å²) in [6.45, 7) is 7.64. The Bertz CT molecular complexity index is 252. The van der Waals surface area contributed by atoms with Gasteiger partial charge in [0, 0.05) is 19.3 Å². The Morgan fingerprint density at radius 3 is 2.62 bits per heavy atom. The van der Waals surface area contributed by atoms with Crippen molar-refractivity contribution in [2.24, 2.45) is 13.0 Å². The van der Waals surface area contributed by atoms with E-state index in [2.05, 4.69) is 37.3 Å². The van der Waals surface area contributed by atoms with E-state index in [1.807, 2.05) is 17.9 Å². The molecule has 0 fully saturated rings. The van der Waals surface area contributed by atoms with E-state index >= 15 is 0 Å². The third-order valence-electron chi connectivity index (χ3n) is 2.13. The lowest BCUT2D eigenvalue weighted by Gasteiger charge is -2.15. The van der Waals surface area contributed by atoms with Gasteiger partial charge >= 0.3 is 0 Å². The topological polar surface area (TPSA) is 29.9 Å². The molecule has 1 rings (SSSR count). The summed E-state index contributed by atoms with van der Waals surface area (Å²) < 4.78 is 1.91. The van der Waals surface area contributed by atoms with E-state index in [9.17, 15) is 0 Å². The second kappa shape index (κ2) is 4.42. The second-order valence-electron chi connectivity index (χ2n) is 3.90. The van der Waals surface area contributed by atoms with Crippen LogP contribution in [0.1, 0.15) is 32.5 Å². The Labute approximate surface area is 80.1 Å². The molecule has 1 aromatic heterocycles. The number of aryl methyl sites for hydroxylation is 1. The highest BCUT2D eigenvalue weighted by Gasteiger charge is 2.08. The van der Waals surface area contributed by atoms with Gasteiger partial charge in [-0.1, -0.05) is 13.8 Å². The minimum atomic E-state index is 0.384. The number of rotatable bonds is 4. The second-order valence-corrected chi connectivity index (χ2v) is 3.90. The van der Waals surface area contributed by atoms with Gasteiger partial charge in [-0.25, -0.2) is 0 Å². The van der Waals surface area contributed by atoms with Crippen LogP contribution >= 0.6 is 0 Å².